The monoisotopic (exact) mass is 198 g/mol. The molecule has 0 saturated carbocycles. The van der Waals surface area contributed by atoms with Gasteiger partial charge in [0, 0.05) is 18.4 Å². The van der Waals surface area contributed by atoms with Crippen LogP contribution in [0.3, 0.4) is 0 Å². The lowest BCUT2D eigenvalue weighted by Crippen LogP contribution is -2.31. The predicted octanol–water partition coefficient (Wildman–Crippen LogP) is 1.99. The molecule has 80 valence electrons. The van der Waals surface area contributed by atoms with Crippen molar-refractivity contribution in [2.75, 3.05) is 19.8 Å². The van der Waals surface area contributed by atoms with Crippen LogP contribution >= 0.6 is 0 Å². The van der Waals surface area contributed by atoms with Crippen molar-refractivity contribution in [3.63, 3.8) is 0 Å². The van der Waals surface area contributed by atoms with Gasteiger partial charge < -0.3 is 9.64 Å². The lowest BCUT2D eigenvalue weighted by atomic mass is 10.3. The lowest BCUT2D eigenvalue weighted by Gasteiger charge is -2.20. The highest BCUT2D eigenvalue weighted by molar-refractivity contribution is 5.69. The number of hydrogen-bond acceptors (Lipinski definition) is 3. The van der Waals surface area contributed by atoms with Gasteiger partial charge in [0.05, 0.1) is 6.61 Å². The van der Waals surface area contributed by atoms with Gasteiger partial charge in [-0.2, -0.15) is 0 Å². The summed E-state index contributed by atoms with van der Waals surface area (Å²) < 4.78 is 4.93. The summed E-state index contributed by atoms with van der Waals surface area (Å²) in [4.78, 5) is 15.2. The van der Waals surface area contributed by atoms with E-state index in [0.29, 0.717) is 13.3 Å². The fourth-order valence-corrected chi connectivity index (χ4v) is 1.51. The zero-order chi connectivity index (χ0) is 10.6. The van der Waals surface area contributed by atoms with E-state index in [1.54, 1.807) is 4.90 Å². The van der Waals surface area contributed by atoms with Crippen molar-refractivity contribution in [1.82, 2.24) is 9.80 Å². The molecule has 0 atom stereocenters. The number of amides is 1. The number of carbonyl (C=O) groups excluding carboxylic acids is 1. The third kappa shape index (κ3) is 2.19. The average molecular weight is 198 g/mol. The highest BCUT2D eigenvalue weighted by Crippen LogP contribution is 2.18. The molecule has 1 heterocycles. The maximum atomic E-state index is 11.4. The van der Waals surface area contributed by atoms with Crippen molar-refractivity contribution in [3.05, 3.63) is 11.9 Å². The number of ether oxygens (including phenoxy) is 1. The predicted molar refractivity (Wildman–Crippen MR) is 54.5 cm³/mol. The summed E-state index contributed by atoms with van der Waals surface area (Å²) in [6.45, 7) is 7.96. The van der Waals surface area contributed by atoms with E-state index in [9.17, 15) is 4.79 Å². The van der Waals surface area contributed by atoms with E-state index in [2.05, 4.69) is 18.7 Å². The summed E-state index contributed by atoms with van der Waals surface area (Å²) in [7, 11) is 0. The van der Waals surface area contributed by atoms with E-state index < -0.39 is 0 Å². The molecule has 0 N–H and O–H groups in total. The first-order chi connectivity index (χ1) is 6.72. The summed E-state index contributed by atoms with van der Waals surface area (Å²) in [5.74, 6) is 0. The van der Waals surface area contributed by atoms with Crippen molar-refractivity contribution >= 4 is 6.09 Å². The molecule has 0 radical (unpaired) electrons. The zero-order valence-electron chi connectivity index (χ0n) is 9.12. The minimum absolute atomic E-state index is 0.255. The molecule has 0 fully saturated rings. The summed E-state index contributed by atoms with van der Waals surface area (Å²) in [6, 6.07) is 0. The molecule has 0 aromatic rings. The highest BCUT2D eigenvalue weighted by atomic mass is 16.6. The van der Waals surface area contributed by atoms with Crippen LogP contribution in [0, 0.1) is 0 Å². The molecule has 0 aromatic heterocycles. The molecular weight excluding hydrogens is 180 g/mol. The number of rotatable bonds is 3. The Hall–Kier alpha value is -1.19. The van der Waals surface area contributed by atoms with Gasteiger partial charge in [-0.05, 0) is 20.3 Å². The molecule has 4 nitrogen and oxygen atoms in total. The Bertz CT molecular complexity index is 238. The standard InChI is InChI=1S/C10H18N2O2/c1-4-9-7-12(8-11(9)5-2)10(13)14-6-3/h7H,4-6,8H2,1-3H3. The van der Waals surface area contributed by atoms with Crippen LogP contribution in [0.1, 0.15) is 27.2 Å². The van der Waals surface area contributed by atoms with Crippen LogP contribution in [-0.4, -0.2) is 35.7 Å². The van der Waals surface area contributed by atoms with Gasteiger partial charge in [-0.3, -0.25) is 4.90 Å². The molecule has 14 heavy (non-hydrogen) atoms. The minimum atomic E-state index is -0.255. The summed E-state index contributed by atoms with van der Waals surface area (Å²) >= 11 is 0. The molecule has 0 spiro atoms. The van der Waals surface area contributed by atoms with E-state index in [4.69, 9.17) is 4.74 Å². The molecule has 1 aliphatic heterocycles. The second kappa shape index (κ2) is 4.88. The Morgan fingerprint density at radius 2 is 2.21 bits per heavy atom. The molecular formula is C10H18N2O2. The largest absolute Gasteiger partial charge is 0.449 e. The minimum Gasteiger partial charge on any atom is -0.449 e. The van der Waals surface area contributed by atoms with E-state index in [0.717, 1.165) is 13.0 Å². The van der Waals surface area contributed by atoms with Crippen LogP contribution in [-0.2, 0) is 4.74 Å². The second-order valence-corrected chi connectivity index (χ2v) is 3.14. The van der Waals surface area contributed by atoms with Gasteiger partial charge in [0.25, 0.3) is 0 Å². The first-order valence-electron chi connectivity index (χ1n) is 5.11. The summed E-state index contributed by atoms with van der Waals surface area (Å²) in [5.41, 5.74) is 1.19. The summed E-state index contributed by atoms with van der Waals surface area (Å²) in [5, 5.41) is 0. The van der Waals surface area contributed by atoms with Crippen LogP contribution in [0.2, 0.25) is 0 Å². The fourth-order valence-electron chi connectivity index (χ4n) is 1.51. The van der Waals surface area contributed by atoms with Crippen molar-refractivity contribution < 1.29 is 9.53 Å². The van der Waals surface area contributed by atoms with Gasteiger partial charge in [0.2, 0.25) is 0 Å². The van der Waals surface area contributed by atoms with Crippen molar-refractivity contribution in [2.45, 2.75) is 27.2 Å². The Labute approximate surface area is 85.1 Å². The van der Waals surface area contributed by atoms with Crippen molar-refractivity contribution in [2.24, 2.45) is 0 Å². The number of allylic oxidation sites excluding steroid dienone is 1. The van der Waals surface area contributed by atoms with Gasteiger partial charge in [-0.15, -0.1) is 0 Å². The van der Waals surface area contributed by atoms with E-state index >= 15 is 0 Å². The van der Waals surface area contributed by atoms with Gasteiger partial charge in [0.1, 0.15) is 6.67 Å². The Balaban J connectivity index is 2.59. The van der Waals surface area contributed by atoms with Crippen molar-refractivity contribution in [3.8, 4) is 0 Å². The van der Waals surface area contributed by atoms with Gasteiger partial charge >= 0.3 is 6.09 Å². The third-order valence-electron chi connectivity index (χ3n) is 2.28. The zero-order valence-corrected chi connectivity index (χ0v) is 9.12. The van der Waals surface area contributed by atoms with Gasteiger partial charge in [0.15, 0.2) is 0 Å². The fraction of sp³-hybridized carbons (Fsp3) is 0.700. The maximum absolute atomic E-state index is 11.4. The topological polar surface area (TPSA) is 32.8 Å². The molecule has 0 aromatic carbocycles. The Kier molecular flexibility index (Phi) is 3.80. The number of carbonyl (C=O) groups is 1. The molecule has 0 aliphatic carbocycles. The van der Waals surface area contributed by atoms with Gasteiger partial charge in [-0.25, -0.2) is 4.79 Å². The smallest absolute Gasteiger partial charge is 0.415 e. The molecule has 1 rings (SSSR count). The van der Waals surface area contributed by atoms with Crippen LogP contribution in [0.25, 0.3) is 0 Å². The number of nitrogens with zero attached hydrogens (tertiary/aromatic N) is 2. The van der Waals surface area contributed by atoms with Crippen molar-refractivity contribution in [1.29, 1.82) is 0 Å². The molecule has 0 unspecified atom stereocenters. The highest BCUT2D eigenvalue weighted by Gasteiger charge is 2.23. The first kappa shape index (κ1) is 10.9. The van der Waals surface area contributed by atoms with Crippen LogP contribution in [0.4, 0.5) is 4.79 Å². The van der Waals surface area contributed by atoms with Crippen LogP contribution in [0.15, 0.2) is 11.9 Å². The maximum Gasteiger partial charge on any atom is 0.415 e. The summed E-state index contributed by atoms with van der Waals surface area (Å²) in [6.07, 6.45) is 2.57. The van der Waals surface area contributed by atoms with E-state index in [-0.39, 0.29) is 6.09 Å². The molecule has 4 heteroatoms. The van der Waals surface area contributed by atoms with Crippen LogP contribution < -0.4 is 0 Å². The van der Waals surface area contributed by atoms with Crippen LogP contribution in [0.5, 0.6) is 0 Å². The molecule has 0 bridgehead atoms. The van der Waals surface area contributed by atoms with E-state index in [1.165, 1.54) is 5.70 Å². The first-order valence-corrected chi connectivity index (χ1v) is 5.11. The quantitative estimate of drug-likeness (QED) is 0.695. The normalized spacial score (nSPS) is 15.8. The SMILES string of the molecule is CCOC(=O)N1C=C(CC)N(CC)C1. The second-order valence-electron chi connectivity index (χ2n) is 3.14. The molecule has 1 aliphatic rings. The van der Waals surface area contributed by atoms with E-state index in [1.807, 2.05) is 13.1 Å². The Morgan fingerprint density at radius 3 is 2.64 bits per heavy atom. The van der Waals surface area contributed by atoms with Gasteiger partial charge in [-0.1, -0.05) is 6.92 Å². The number of hydrogen-bond donors (Lipinski definition) is 0. The average Bonchev–Trinajstić information content (AvgIpc) is 2.61. The Morgan fingerprint density at radius 1 is 1.50 bits per heavy atom. The lowest BCUT2D eigenvalue weighted by molar-refractivity contribution is 0.115. The molecule has 0 saturated heterocycles. The third-order valence-corrected chi connectivity index (χ3v) is 2.28. The molecule has 1 amide bonds.